The van der Waals surface area contributed by atoms with Crippen LogP contribution in [0.15, 0.2) is 64.2 Å². The fourth-order valence-electron chi connectivity index (χ4n) is 3.72. The van der Waals surface area contributed by atoms with Crippen molar-refractivity contribution in [3.63, 3.8) is 0 Å². The van der Waals surface area contributed by atoms with Gasteiger partial charge in [-0.2, -0.15) is 11.3 Å². The van der Waals surface area contributed by atoms with E-state index in [0.29, 0.717) is 34.0 Å². The number of amides is 1. The van der Waals surface area contributed by atoms with Crippen LogP contribution in [0.5, 0.6) is 5.88 Å². The molecule has 1 aliphatic rings. The number of thioether (sulfide) groups is 1. The van der Waals surface area contributed by atoms with E-state index in [9.17, 15) is 9.59 Å². The van der Waals surface area contributed by atoms with Crippen molar-refractivity contribution in [2.75, 3.05) is 6.61 Å². The second kappa shape index (κ2) is 10.3. The maximum absolute atomic E-state index is 13.4. The Morgan fingerprint density at radius 3 is 2.73 bits per heavy atom. The standard InChI is InChI=1S/C25H25ClN2O3S2/c1-16(2)10-12-31-22-9-5-8-21(27-22)25(17-11-13-32-15-17)14-19(29)23(24(30)28-25)33-20-7-4-3-6-18(20)26/h3-9,11,13,15-16,23H,10,12,14H2,1-2H3,(H,28,30). The molecule has 1 fully saturated rings. The van der Waals surface area contributed by atoms with Crippen LogP contribution in [0.1, 0.15) is 37.9 Å². The van der Waals surface area contributed by atoms with Crippen LogP contribution in [0.4, 0.5) is 0 Å². The summed E-state index contributed by atoms with van der Waals surface area (Å²) in [6.45, 7) is 4.83. The number of carbonyl (C=O) groups is 2. The smallest absolute Gasteiger partial charge is 0.242 e. The number of rotatable bonds is 8. The van der Waals surface area contributed by atoms with Crippen molar-refractivity contribution in [3.05, 3.63) is 75.6 Å². The number of pyridine rings is 1. The van der Waals surface area contributed by atoms with Gasteiger partial charge in [0.2, 0.25) is 11.8 Å². The Morgan fingerprint density at radius 2 is 2.03 bits per heavy atom. The minimum Gasteiger partial charge on any atom is -0.478 e. The highest BCUT2D eigenvalue weighted by atomic mass is 35.5. The lowest BCUT2D eigenvalue weighted by Crippen LogP contribution is -2.58. The van der Waals surface area contributed by atoms with Gasteiger partial charge >= 0.3 is 0 Å². The normalized spacial score (nSPS) is 20.7. The van der Waals surface area contributed by atoms with Crippen LogP contribution in [0.3, 0.4) is 0 Å². The van der Waals surface area contributed by atoms with Crippen molar-refractivity contribution in [1.82, 2.24) is 10.3 Å². The van der Waals surface area contributed by atoms with Crippen LogP contribution >= 0.6 is 34.7 Å². The Bertz CT molecular complexity index is 1120. The molecule has 3 aromatic rings. The van der Waals surface area contributed by atoms with Gasteiger partial charge in [-0.15, -0.1) is 11.8 Å². The van der Waals surface area contributed by atoms with Gasteiger partial charge in [-0.05, 0) is 52.9 Å². The molecule has 4 rings (SSSR count). The molecular weight excluding hydrogens is 476 g/mol. The molecule has 0 bridgehead atoms. The van der Waals surface area contributed by atoms with Crippen LogP contribution in [-0.2, 0) is 15.1 Å². The molecule has 1 amide bonds. The molecule has 2 unspecified atom stereocenters. The van der Waals surface area contributed by atoms with Crippen molar-refractivity contribution in [2.24, 2.45) is 5.92 Å². The minimum atomic E-state index is -1.04. The number of ether oxygens (including phenoxy) is 1. The summed E-state index contributed by atoms with van der Waals surface area (Å²) in [7, 11) is 0. The van der Waals surface area contributed by atoms with Gasteiger partial charge in [-0.1, -0.05) is 43.6 Å². The zero-order valence-electron chi connectivity index (χ0n) is 18.4. The first-order valence-corrected chi connectivity index (χ1v) is 13.0. The third-order valence-corrected chi connectivity index (χ3v) is 7.96. The van der Waals surface area contributed by atoms with Crippen molar-refractivity contribution in [2.45, 2.75) is 42.4 Å². The van der Waals surface area contributed by atoms with Crippen molar-refractivity contribution in [3.8, 4) is 5.88 Å². The summed E-state index contributed by atoms with van der Waals surface area (Å²) in [5.41, 5.74) is 0.386. The predicted molar refractivity (Wildman–Crippen MR) is 133 cm³/mol. The lowest BCUT2D eigenvalue weighted by atomic mass is 9.79. The number of nitrogens with one attached hydrogen (secondary N) is 1. The molecule has 3 heterocycles. The van der Waals surface area contributed by atoms with Crippen LogP contribution < -0.4 is 10.1 Å². The van der Waals surface area contributed by atoms with Crippen molar-refractivity contribution < 1.29 is 14.3 Å². The van der Waals surface area contributed by atoms with Crippen molar-refractivity contribution >= 4 is 46.4 Å². The van der Waals surface area contributed by atoms with Gasteiger partial charge in [0.05, 0.1) is 17.3 Å². The fraction of sp³-hybridized carbons (Fsp3) is 0.320. The second-order valence-electron chi connectivity index (χ2n) is 8.37. The summed E-state index contributed by atoms with van der Waals surface area (Å²) in [6, 6.07) is 14.6. The van der Waals surface area contributed by atoms with E-state index in [1.54, 1.807) is 12.1 Å². The zero-order chi connectivity index (χ0) is 23.4. The van der Waals surface area contributed by atoms with E-state index in [1.165, 1.54) is 23.1 Å². The average molecular weight is 501 g/mol. The lowest BCUT2D eigenvalue weighted by Gasteiger charge is -2.39. The van der Waals surface area contributed by atoms with Crippen LogP contribution in [0.25, 0.3) is 0 Å². The molecule has 172 valence electrons. The fourth-order valence-corrected chi connectivity index (χ4v) is 5.69. The van der Waals surface area contributed by atoms with Gasteiger partial charge in [0, 0.05) is 17.4 Å². The zero-order valence-corrected chi connectivity index (χ0v) is 20.8. The topological polar surface area (TPSA) is 68.3 Å². The third kappa shape index (κ3) is 5.26. The van der Waals surface area contributed by atoms with E-state index < -0.39 is 10.8 Å². The Labute approximate surface area is 206 Å². The van der Waals surface area contributed by atoms with Crippen LogP contribution in [0, 0.1) is 5.92 Å². The van der Waals surface area contributed by atoms with Gasteiger partial charge < -0.3 is 10.1 Å². The number of Topliss-reactive ketones (excluding diaryl/α,β-unsaturated/α-hetero) is 1. The SMILES string of the molecule is CC(C)CCOc1cccc(C2(c3ccsc3)CC(=O)C(Sc3ccccc3Cl)C(=O)N2)n1. The molecule has 1 N–H and O–H groups in total. The number of carbonyl (C=O) groups excluding carboxylic acids is 2. The number of aromatic nitrogens is 1. The predicted octanol–water partition coefficient (Wildman–Crippen LogP) is 5.71. The monoisotopic (exact) mass is 500 g/mol. The number of thiophene rings is 1. The molecule has 5 nitrogen and oxygen atoms in total. The number of piperidine rings is 1. The van der Waals surface area contributed by atoms with E-state index in [1.807, 2.05) is 47.2 Å². The van der Waals surface area contributed by atoms with E-state index in [-0.39, 0.29) is 18.1 Å². The highest BCUT2D eigenvalue weighted by Crippen LogP contribution is 2.41. The average Bonchev–Trinajstić information content (AvgIpc) is 3.33. The van der Waals surface area contributed by atoms with E-state index in [0.717, 1.165) is 12.0 Å². The molecule has 1 aliphatic heterocycles. The number of halogens is 1. The maximum atomic E-state index is 13.4. The number of ketones is 1. The number of hydrogen-bond donors (Lipinski definition) is 1. The molecule has 8 heteroatoms. The van der Waals surface area contributed by atoms with Gasteiger partial charge in [0.1, 0.15) is 10.8 Å². The lowest BCUT2D eigenvalue weighted by molar-refractivity contribution is -0.133. The van der Waals surface area contributed by atoms with Gasteiger partial charge in [-0.25, -0.2) is 4.98 Å². The van der Waals surface area contributed by atoms with E-state index >= 15 is 0 Å². The minimum absolute atomic E-state index is 0.0973. The number of hydrogen-bond acceptors (Lipinski definition) is 6. The Morgan fingerprint density at radius 1 is 1.21 bits per heavy atom. The summed E-state index contributed by atoms with van der Waals surface area (Å²) in [5.74, 6) is 0.489. The third-order valence-electron chi connectivity index (χ3n) is 5.51. The second-order valence-corrected chi connectivity index (χ2v) is 10.7. The molecule has 0 saturated carbocycles. The highest BCUT2D eigenvalue weighted by Gasteiger charge is 2.48. The van der Waals surface area contributed by atoms with Gasteiger partial charge in [0.15, 0.2) is 5.78 Å². The van der Waals surface area contributed by atoms with Gasteiger partial charge in [0.25, 0.3) is 0 Å². The highest BCUT2D eigenvalue weighted by molar-refractivity contribution is 8.01. The summed E-state index contributed by atoms with van der Waals surface area (Å²) in [4.78, 5) is 32.0. The number of benzene rings is 1. The largest absolute Gasteiger partial charge is 0.478 e. The van der Waals surface area contributed by atoms with Gasteiger partial charge in [-0.3, -0.25) is 9.59 Å². The molecule has 0 spiro atoms. The van der Waals surface area contributed by atoms with Crippen molar-refractivity contribution in [1.29, 1.82) is 0 Å². The summed E-state index contributed by atoms with van der Waals surface area (Å²) >= 11 is 8.96. The molecule has 0 radical (unpaired) electrons. The molecule has 33 heavy (non-hydrogen) atoms. The molecule has 1 aromatic carbocycles. The molecule has 0 aliphatic carbocycles. The Kier molecular flexibility index (Phi) is 7.41. The van der Waals surface area contributed by atoms with Crippen LogP contribution in [0.2, 0.25) is 5.02 Å². The molecule has 2 atom stereocenters. The van der Waals surface area contributed by atoms with E-state index in [4.69, 9.17) is 21.3 Å². The first-order chi connectivity index (χ1) is 15.9. The number of nitrogens with zero attached hydrogens (tertiary/aromatic N) is 1. The molecular formula is C25H25ClN2O3S2. The summed E-state index contributed by atoms with van der Waals surface area (Å²) < 4.78 is 5.85. The summed E-state index contributed by atoms with van der Waals surface area (Å²) in [5, 5.41) is 6.66. The first-order valence-electron chi connectivity index (χ1n) is 10.8. The Hall–Kier alpha value is -2.35. The quantitative estimate of drug-likeness (QED) is 0.401. The summed E-state index contributed by atoms with van der Waals surface area (Å²) in [6.07, 6.45) is 1.01. The van der Waals surface area contributed by atoms with Crippen LogP contribution in [-0.4, -0.2) is 28.5 Å². The maximum Gasteiger partial charge on any atom is 0.242 e. The van der Waals surface area contributed by atoms with E-state index in [2.05, 4.69) is 19.2 Å². The first kappa shape index (κ1) is 23.8. The molecule has 2 aromatic heterocycles. The molecule has 1 saturated heterocycles. The Balaban J connectivity index is 1.64.